The molecular formula is C20H23N3O2. The zero-order valence-electron chi connectivity index (χ0n) is 14.5. The standard InChI is InChI=1S/C20H23N3O2/c1-14(24)23-10-4-7-19(23)20(25)22-11-8-15(9-12-22)17-13-21-18-6-3-2-5-16(17)18/h2-3,5-6,8,13,19,21H,4,7,9-12H2,1H3. The van der Waals surface area contributed by atoms with Crippen LogP contribution in [0.15, 0.2) is 36.5 Å². The van der Waals surface area contributed by atoms with Crippen LogP contribution < -0.4 is 0 Å². The van der Waals surface area contributed by atoms with Crippen LogP contribution in [0.3, 0.4) is 0 Å². The molecule has 5 nitrogen and oxygen atoms in total. The predicted octanol–water partition coefficient (Wildman–Crippen LogP) is 2.79. The first kappa shape index (κ1) is 15.9. The molecule has 4 rings (SSSR count). The number of aromatic nitrogens is 1. The van der Waals surface area contributed by atoms with E-state index >= 15 is 0 Å². The first-order chi connectivity index (χ1) is 12.1. The Balaban J connectivity index is 1.50. The number of H-pyrrole nitrogens is 1. The summed E-state index contributed by atoms with van der Waals surface area (Å²) in [6, 6.07) is 8.02. The van der Waals surface area contributed by atoms with Crippen molar-refractivity contribution in [2.75, 3.05) is 19.6 Å². The summed E-state index contributed by atoms with van der Waals surface area (Å²) in [7, 11) is 0. The lowest BCUT2D eigenvalue weighted by atomic mass is 9.98. The molecule has 25 heavy (non-hydrogen) atoms. The molecule has 0 spiro atoms. The zero-order chi connectivity index (χ0) is 17.4. The van der Waals surface area contributed by atoms with E-state index in [1.165, 1.54) is 16.5 Å². The molecule has 1 fully saturated rings. The van der Waals surface area contributed by atoms with Crippen LogP contribution in [0.5, 0.6) is 0 Å². The highest BCUT2D eigenvalue weighted by Crippen LogP contribution is 2.30. The van der Waals surface area contributed by atoms with Gasteiger partial charge in [0.1, 0.15) is 6.04 Å². The summed E-state index contributed by atoms with van der Waals surface area (Å²) in [4.78, 5) is 31.5. The number of para-hydroxylation sites is 1. The molecule has 1 N–H and O–H groups in total. The third kappa shape index (κ3) is 2.84. The molecule has 0 bridgehead atoms. The van der Waals surface area contributed by atoms with Crippen molar-refractivity contribution >= 4 is 28.3 Å². The first-order valence-electron chi connectivity index (χ1n) is 8.96. The SMILES string of the molecule is CC(=O)N1CCCC1C(=O)N1CC=C(c2c[nH]c3ccccc23)CC1. The summed E-state index contributed by atoms with van der Waals surface area (Å²) in [6.07, 6.45) is 6.76. The van der Waals surface area contributed by atoms with Gasteiger partial charge in [-0.25, -0.2) is 0 Å². The fourth-order valence-corrected chi connectivity index (χ4v) is 4.06. The highest BCUT2D eigenvalue weighted by atomic mass is 16.2. The molecule has 1 aromatic heterocycles. The van der Waals surface area contributed by atoms with E-state index in [2.05, 4.69) is 35.5 Å². The van der Waals surface area contributed by atoms with Gasteiger partial charge in [0.25, 0.3) is 0 Å². The second kappa shape index (κ2) is 6.39. The number of fused-ring (bicyclic) bond motifs is 1. The molecule has 3 heterocycles. The van der Waals surface area contributed by atoms with E-state index in [1.807, 2.05) is 11.0 Å². The predicted molar refractivity (Wildman–Crippen MR) is 97.9 cm³/mol. The van der Waals surface area contributed by atoms with E-state index in [9.17, 15) is 9.59 Å². The highest BCUT2D eigenvalue weighted by Gasteiger charge is 2.35. The molecule has 2 aliphatic heterocycles. The van der Waals surface area contributed by atoms with Gasteiger partial charge in [-0.05, 0) is 30.9 Å². The van der Waals surface area contributed by atoms with Gasteiger partial charge in [0.15, 0.2) is 0 Å². The number of nitrogens with zero attached hydrogens (tertiary/aromatic N) is 2. The number of carbonyl (C=O) groups excluding carboxylic acids is 2. The average Bonchev–Trinajstić information content (AvgIpc) is 3.28. The van der Waals surface area contributed by atoms with Crippen LogP contribution in [-0.2, 0) is 9.59 Å². The molecule has 1 atom stereocenters. The van der Waals surface area contributed by atoms with Gasteiger partial charge in [-0.1, -0.05) is 24.3 Å². The Hall–Kier alpha value is -2.56. The van der Waals surface area contributed by atoms with Crippen molar-refractivity contribution in [1.29, 1.82) is 0 Å². The van der Waals surface area contributed by atoms with Crippen molar-refractivity contribution in [1.82, 2.24) is 14.8 Å². The van der Waals surface area contributed by atoms with E-state index < -0.39 is 0 Å². The number of hydrogen-bond donors (Lipinski definition) is 1. The first-order valence-corrected chi connectivity index (χ1v) is 8.96. The number of nitrogens with one attached hydrogen (secondary N) is 1. The van der Waals surface area contributed by atoms with Crippen LogP contribution in [0, 0.1) is 0 Å². The minimum absolute atomic E-state index is 0.00267. The maximum atomic E-state index is 12.8. The van der Waals surface area contributed by atoms with Crippen LogP contribution in [-0.4, -0.2) is 52.3 Å². The largest absolute Gasteiger partial charge is 0.361 e. The molecule has 2 amide bonds. The summed E-state index contributed by atoms with van der Waals surface area (Å²) >= 11 is 0. The lowest BCUT2D eigenvalue weighted by molar-refractivity contribution is -0.142. The zero-order valence-corrected chi connectivity index (χ0v) is 14.5. The van der Waals surface area contributed by atoms with Gasteiger partial charge in [0.05, 0.1) is 0 Å². The fraction of sp³-hybridized carbons (Fsp3) is 0.400. The van der Waals surface area contributed by atoms with Gasteiger partial charge < -0.3 is 14.8 Å². The number of amides is 2. The summed E-state index contributed by atoms with van der Waals surface area (Å²) < 4.78 is 0. The van der Waals surface area contributed by atoms with Crippen LogP contribution in [0.4, 0.5) is 0 Å². The molecule has 2 aliphatic rings. The van der Waals surface area contributed by atoms with Crippen molar-refractivity contribution in [2.45, 2.75) is 32.2 Å². The maximum Gasteiger partial charge on any atom is 0.245 e. The van der Waals surface area contributed by atoms with Gasteiger partial charge in [-0.2, -0.15) is 0 Å². The second-order valence-corrected chi connectivity index (χ2v) is 6.88. The van der Waals surface area contributed by atoms with Crippen LogP contribution in [0.2, 0.25) is 0 Å². The molecule has 1 saturated heterocycles. The average molecular weight is 337 g/mol. The van der Waals surface area contributed by atoms with E-state index in [0.29, 0.717) is 19.6 Å². The van der Waals surface area contributed by atoms with Crippen LogP contribution >= 0.6 is 0 Å². The molecule has 1 aromatic carbocycles. The Morgan fingerprint density at radius 2 is 2.04 bits per heavy atom. The smallest absolute Gasteiger partial charge is 0.245 e. The molecule has 130 valence electrons. The highest BCUT2D eigenvalue weighted by molar-refractivity contribution is 5.93. The van der Waals surface area contributed by atoms with Crippen LogP contribution in [0.25, 0.3) is 16.5 Å². The molecule has 1 unspecified atom stereocenters. The maximum absolute atomic E-state index is 12.8. The normalized spacial score (nSPS) is 20.8. The molecule has 0 aliphatic carbocycles. The minimum atomic E-state index is -0.263. The Morgan fingerprint density at radius 3 is 2.80 bits per heavy atom. The summed E-state index contributed by atoms with van der Waals surface area (Å²) in [5.41, 5.74) is 3.66. The van der Waals surface area contributed by atoms with Crippen LogP contribution in [0.1, 0.15) is 31.7 Å². The van der Waals surface area contributed by atoms with E-state index in [-0.39, 0.29) is 17.9 Å². The van der Waals surface area contributed by atoms with Gasteiger partial charge in [-0.3, -0.25) is 9.59 Å². The molecule has 2 aromatic rings. The third-order valence-electron chi connectivity index (χ3n) is 5.40. The minimum Gasteiger partial charge on any atom is -0.361 e. The molecule has 0 saturated carbocycles. The topological polar surface area (TPSA) is 56.4 Å². The van der Waals surface area contributed by atoms with Crippen molar-refractivity contribution < 1.29 is 9.59 Å². The lowest BCUT2D eigenvalue weighted by Crippen LogP contribution is -2.48. The van der Waals surface area contributed by atoms with Crippen molar-refractivity contribution in [3.63, 3.8) is 0 Å². The van der Waals surface area contributed by atoms with Crippen molar-refractivity contribution in [2.24, 2.45) is 0 Å². The number of carbonyl (C=O) groups is 2. The van der Waals surface area contributed by atoms with Gasteiger partial charge in [-0.15, -0.1) is 0 Å². The van der Waals surface area contributed by atoms with Crippen molar-refractivity contribution in [3.8, 4) is 0 Å². The Kier molecular flexibility index (Phi) is 4.07. The molecule has 5 heteroatoms. The Bertz CT molecular complexity index is 851. The number of likely N-dealkylation sites (tertiary alicyclic amines) is 1. The summed E-state index contributed by atoms with van der Waals surface area (Å²) in [6.45, 7) is 3.59. The quantitative estimate of drug-likeness (QED) is 0.916. The number of aromatic amines is 1. The fourth-order valence-electron chi connectivity index (χ4n) is 4.06. The number of rotatable bonds is 2. The Labute approximate surface area is 147 Å². The third-order valence-corrected chi connectivity index (χ3v) is 5.40. The lowest BCUT2D eigenvalue weighted by Gasteiger charge is -2.32. The van der Waals surface area contributed by atoms with Gasteiger partial charge >= 0.3 is 0 Å². The van der Waals surface area contributed by atoms with Gasteiger partial charge in [0.2, 0.25) is 11.8 Å². The van der Waals surface area contributed by atoms with Crippen molar-refractivity contribution in [3.05, 3.63) is 42.1 Å². The second-order valence-electron chi connectivity index (χ2n) is 6.88. The van der Waals surface area contributed by atoms with Gasteiger partial charge in [0, 0.05) is 49.2 Å². The summed E-state index contributed by atoms with van der Waals surface area (Å²) in [5.74, 6) is 0.102. The Morgan fingerprint density at radius 1 is 1.20 bits per heavy atom. The monoisotopic (exact) mass is 337 g/mol. The molecular weight excluding hydrogens is 314 g/mol. The van der Waals surface area contributed by atoms with E-state index in [1.54, 1.807) is 11.8 Å². The van der Waals surface area contributed by atoms with E-state index in [4.69, 9.17) is 0 Å². The van der Waals surface area contributed by atoms with E-state index in [0.717, 1.165) is 24.8 Å². The number of benzene rings is 1. The molecule has 0 radical (unpaired) electrons. The summed E-state index contributed by atoms with van der Waals surface area (Å²) in [5, 5.41) is 1.23. The number of hydrogen-bond acceptors (Lipinski definition) is 2.